The van der Waals surface area contributed by atoms with Crippen LogP contribution >= 0.6 is 0 Å². The van der Waals surface area contributed by atoms with E-state index >= 15 is 0 Å². The fourth-order valence-electron chi connectivity index (χ4n) is 8.57. The fraction of sp³-hybridized carbons (Fsp3) is 0.690. The molecular weight excluding hydrogens is 831 g/mol. The minimum Gasteiger partial charge on any atom is -0.493 e. The molecule has 0 saturated carbocycles. The molecule has 2 aromatic rings. The molecule has 1 aliphatic rings. The number of benzene rings is 2. The topological polar surface area (TPSA) is 25.3 Å². The van der Waals surface area contributed by atoms with E-state index in [9.17, 15) is 5.53 Å². The first-order valence-corrected chi connectivity index (χ1v) is 26.1. The summed E-state index contributed by atoms with van der Waals surface area (Å²) >= 11 is 0. The van der Waals surface area contributed by atoms with Gasteiger partial charge in [0, 0.05) is 22.3 Å². The minimum absolute atomic E-state index is 0. The van der Waals surface area contributed by atoms with Crippen LogP contribution in [-0.2, 0) is 58.9 Å². The van der Waals surface area contributed by atoms with E-state index < -0.39 is 0 Å². The molecule has 0 N–H and O–H groups in total. The summed E-state index contributed by atoms with van der Waals surface area (Å²) in [7, 11) is 0. The maximum atomic E-state index is 12.7. The molecule has 0 fully saturated rings. The van der Waals surface area contributed by atoms with E-state index in [1.54, 1.807) is 15.8 Å². The Labute approximate surface area is 395 Å². The second-order valence-corrected chi connectivity index (χ2v) is 17.8. The summed E-state index contributed by atoms with van der Waals surface area (Å²) in [5.41, 5.74) is 29.5. The standard InChI is InChI=1S/C48H76N2.2C5H11.Pd/c1-9-17-25-37-33-41(34-38(26-18-10-2)43(37)29-21-13-5)47-45(31-23-15-7)46(32-24-16-8)48(50(47)49)42-35-39(27-19-11-3)44(30-22-14-6)40(36-42)28-20-12-4;2*1-3-5-4-2;/h33-36H,9-32H2,1-8H3;2*1,3-5H2,2H3;/q;2*-1;+2. The predicted molar refractivity (Wildman–Crippen MR) is 271 cm³/mol. The molecule has 0 aromatic heterocycles. The van der Waals surface area contributed by atoms with Gasteiger partial charge >= 0.3 is 20.4 Å². The first kappa shape index (κ1) is 59.2. The maximum Gasteiger partial charge on any atom is 2.00 e. The Kier molecular flexibility index (Phi) is 36.4. The van der Waals surface area contributed by atoms with Gasteiger partial charge in [0.25, 0.3) is 0 Å². The van der Waals surface area contributed by atoms with Crippen LogP contribution in [0.3, 0.4) is 0 Å². The zero-order chi connectivity index (χ0) is 44.5. The first-order chi connectivity index (χ1) is 29.3. The van der Waals surface area contributed by atoms with Gasteiger partial charge in [0.1, 0.15) is 0 Å². The molecule has 0 radical (unpaired) electrons. The molecule has 3 rings (SSSR count). The second kappa shape index (κ2) is 37.5. The number of hydrogen-bond donors (Lipinski definition) is 0. The van der Waals surface area contributed by atoms with E-state index in [1.165, 1.54) is 160 Å². The first-order valence-electron chi connectivity index (χ1n) is 26.1. The van der Waals surface area contributed by atoms with Gasteiger partial charge in [-0.05, 0) is 160 Å². The second-order valence-electron chi connectivity index (χ2n) is 17.8. The van der Waals surface area contributed by atoms with E-state index in [-0.39, 0.29) is 20.4 Å². The van der Waals surface area contributed by atoms with Gasteiger partial charge in [-0.1, -0.05) is 146 Å². The van der Waals surface area contributed by atoms with Crippen molar-refractivity contribution in [2.75, 3.05) is 0 Å². The van der Waals surface area contributed by atoms with Crippen LogP contribution in [-0.4, -0.2) is 4.70 Å². The summed E-state index contributed by atoms with van der Waals surface area (Å²) in [5.74, 6) is 0. The van der Waals surface area contributed by atoms with Crippen LogP contribution in [0.25, 0.3) is 16.9 Å². The normalized spacial score (nSPS) is 12.4. The van der Waals surface area contributed by atoms with Gasteiger partial charge in [0.2, 0.25) is 11.4 Å². The van der Waals surface area contributed by atoms with Crippen molar-refractivity contribution in [3.05, 3.63) is 99.3 Å². The SMILES string of the molecule is CCCCC1=C(c2cc(CCCC)c(CCCC)c(CCCC)c2)[N+](=[N-])C(c2cc(CCCC)c(CCCC)c(CCCC)c2)=C1CCCC.[CH2-]CCCC.[CH2-]CCCC.[Pd+2]. The molecule has 0 amide bonds. The molecule has 2 aromatic carbocycles. The smallest absolute Gasteiger partial charge is 0.493 e. The number of hydrogen-bond acceptors (Lipinski definition) is 0. The molecule has 0 aliphatic carbocycles. The number of nitrogens with zero attached hydrogens (tertiary/aromatic N) is 2. The molecular formula is C58H98N2Pd. The van der Waals surface area contributed by atoms with Crippen molar-refractivity contribution >= 4 is 11.4 Å². The summed E-state index contributed by atoms with van der Waals surface area (Å²) in [4.78, 5) is 0. The van der Waals surface area contributed by atoms with Crippen molar-refractivity contribution in [1.82, 2.24) is 0 Å². The molecule has 0 unspecified atom stereocenters. The summed E-state index contributed by atoms with van der Waals surface area (Å²) in [6.45, 7) is 30.2. The van der Waals surface area contributed by atoms with Gasteiger partial charge in [-0.3, -0.25) is 0 Å². The van der Waals surface area contributed by atoms with Crippen LogP contribution in [0, 0.1) is 13.8 Å². The average molecular weight is 930 g/mol. The summed E-state index contributed by atoms with van der Waals surface area (Å²) in [6.07, 6.45) is 35.5. The summed E-state index contributed by atoms with van der Waals surface area (Å²) in [6, 6.07) is 10.0. The van der Waals surface area contributed by atoms with Gasteiger partial charge in [-0.25, -0.2) is 4.70 Å². The Morgan fingerprint density at radius 1 is 0.361 bits per heavy atom. The van der Waals surface area contributed by atoms with Gasteiger partial charge < -0.3 is 19.4 Å². The van der Waals surface area contributed by atoms with Crippen molar-refractivity contribution in [2.45, 2.75) is 262 Å². The van der Waals surface area contributed by atoms with Crippen molar-refractivity contribution in [1.29, 1.82) is 0 Å². The minimum atomic E-state index is 0. The zero-order valence-electron chi connectivity index (χ0n) is 42.1. The van der Waals surface area contributed by atoms with Crippen molar-refractivity contribution in [2.24, 2.45) is 0 Å². The zero-order valence-corrected chi connectivity index (χ0v) is 43.7. The summed E-state index contributed by atoms with van der Waals surface area (Å²) < 4.78 is 1.69. The molecule has 1 heterocycles. The Morgan fingerprint density at radius 2 is 0.590 bits per heavy atom. The average Bonchev–Trinajstić information content (AvgIpc) is 3.54. The van der Waals surface area contributed by atoms with E-state index in [1.807, 2.05) is 0 Å². The molecule has 350 valence electrons. The molecule has 0 bridgehead atoms. The van der Waals surface area contributed by atoms with Gasteiger partial charge in [-0.15, -0.1) is 0 Å². The largest absolute Gasteiger partial charge is 2.00 e. The molecule has 0 atom stereocenters. The van der Waals surface area contributed by atoms with E-state index in [0.717, 1.165) is 88.4 Å². The third-order valence-electron chi connectivity index (χ3n) is 12.3. The Hall–Kier alpha value is -1.82. The van der Waals surface area contributed by atoms with E-state index in [0.29, 0.717) is 0 Å². The number of allylic oxidation sites excluding steroid dienone is 2. The fourth-order valence-corrected chi connectivity index (χ4v) is 8.57. The van der Waals surface area contributed by atoms with Gasteiger partial charge in [0.05, 0.1) is 0 Å². The molecule has 0 spiro atoms. The maximum absolute atomic E-state index is 12.7. The van der Waals surface area contributed by atoms with Crippen LogP contribution in [0.4, 0.5) is 0 Å². The van der Waals surface area contributed by atoms with Crippen molar-refractivity contribution < 1.29 is 25.1 Å². The van der Waals surface area contributed by atoms with Gasteiger partial charge in [0.15, 0.2) is 0 Å². The number of rotatable bonds is 30. The van der Waals surface area contributed by atoms with Gasteiger partial charge in [-0.2, -0.15) is 12.8 Å². The molecule has 3 heteroatoms. The van der Waals surface area contributed by atoms with E-state index in [4.69, 9.17) is 0 Å². The molecule has 0 saturated heterocycles. The Bertz CT molecular complexity index is 1340. The van der Waals surface area contributed by atoms with Crippen LogP contribution in [0.1, 0.15) is 268 Å². The quantitative estimate of drug-likeness (QED) is 0.0424. The monoisotopic (exact) mass is 929 g/mol. The number of aryl methyl sites for hydroxylation is 4. The predicted octanol–water partition coefficient (Wildman–Crippen LogP) is 19.3. The molecule has 61 heavy (non-hydrogen) atoms. The third kappa shape index (κ3) is 20.7. The van der Waals surface area contributed by atoms with Crippen LogP contribution in [0.15, 0.2) is 35.4 Å². The number of unbranched alkanes of at least 4 members (excludes halogenated alkanes) is 12. The molecule has 1 aliphatic heterocycles. The van der Waals surface area contributed by atoms with Crippen molar-refractivity contribution in [3.8, 4) is 0 Å². The van der Waals surface area contributed by atoms with Crippen LogP contribution < -0.4 is 0 Å². The Morgan fingerprint density at radius 3 is 0.803 bits per heavy atom. The third-order valence-corrected chi connectivity index (χ3v) is 12.3. The molecule has 2 nitrogen and oxygen atoms in total. The Balaban J connectivity index is 0.00000292. The van der Waals surface area contributed by atoms with Crippen LogP contribution in [0.2, 0.25) is 0 Å². The van der Waals surface area contributed by atoms with E-state index in [2.05, 4.69) is 107 Å². The van der Waals surface area contributed by atoms with Crippen molar-refractivity contribution in [3.63, 3.8) is 0 Å². The summed E-state index contributed by atoms with van der Waals surface area (Å²) in [5, 5.41) is 0. The van der Waals surface area contributed by atoms with Crippen LogP contribution in [0.5, 0.6) is 0 Å².